The molecular formula is C8H13ClO2S. The monoisotopic (exact) mass is 208 g/mol. The van der Waals surface area contributed by atoms with E-state index < -0.39 is 0 Å². The highest BCUT2D eigenvalue weighted by atomic mass is 35.5. The van der Waals surface area contributed by atoms with E-state index in [0.717, 1.165) is 12.8 Å². The van der Waals surface area contributed by atoms with Crippen LogP contribution in [0.15, 0.2) is 0 Å². The second kappa shape index (κ2) is 4.38. The average Bonchev–Trinajstić information content (AvgIpc) is 2.30. The average molecular weight is 209 g/mol. The van der Waals surface area contributed by atoms with Gasteiger partial charge in [-0.15, -0.1) is 11.6 Å². The van der Waals surface area contributed by atoms with Crippen molar-refractivity contribution >= 4 is 29.3 Å². The summed E-state index contributed by atoms with van der Waals surface area (Å²) in [5.41, 5.74) is 0. The number of carbonyl (C=O) groups excluding carboxylic acids is 1. The van der Waals surface area contributed by atoms with Gasteiger partial charge < -0.3 is 4.74 Å². The van der Waals surface area contributed by atoms with Gasteiger partial charge in [-0.05, 0) is 19.1 Å². The van der Waals surface area contributed by atoms with Crippen molar-refractivity contribution in [2.75, 3.05) is 6.26 Å². The summed E-state index contributed by atoms with van der Waals surface area (Å²) < 4.78 is 5.14. The van der Waals surface area contributed by atoms with Gasteiger partial charge in [-0.1, -0.05) is 0 Å². The molecule has 0 saturated heterocycles. The Balaban J connectivity index is 2.48. The number of carbonyl (C=O) groups is 1. The molecule has 3 atom stereocenters. The van der Waals surface area contributed by atoms with E-state index in [9.17, 15) is 4.79 Å². The van der Waals surface area contributed by atoms with Crippen LogP contribution in [0.3, 0.4) is 0 Å². The molecule has 0 unspecified atom stereocenters. The quantitative estimate of drug-likeness (QED) is 0.513. The number of hydrogen-bond donors (Lipinski definition) is 0. The third kappa shape index (κ3) is 2.30. The molecule has 0 bridgehead atoms. The third-order valence-corrected chi connectivity index (χ3v) is 3.85. The molecule has 0 spiro atoms. The largest absolute Gasteiger partial charge is 0.461 e. The van der Waals surface area contributed by atoms with Crippen LogP contribution >= 0.6 is 23.4 Å². The van der Waals surface area contributed by atoms with Gasteiger partial charge >= 0.3 is 5.97 Å². The van der Waals surface area contributed by atoms with Gasteiger partial charge in [0.1, 0.15) is 6.10 Å². The van der Waals surface area contributed by atoms with E-state index in [4.69, 9.17) is 16.3 Å². The van der Waals surface area contributed by atoms with Crippen molar-refractivity contribution in [2.45, 2.75) is 36.5 Å². The van der Waals surface area contributed by atoms with Crippen molar-refractivity contribution in [2.24, 2.45) is 0 Å². The highest BCUT2D eigenvalue weighted by molar-refractivity contribution is 7.99. The maximum absolute atomic E-state index is 10.7. The summed E-state index contributed by atoms with van der Waals surface area (Å²) in [6.07, 6.45) is 3.88. The number of halogens is 1. The Labute approximate surface area is 82.0 Å². The van der Waals surface area contributed by atoms with Crippen LogP contribution in [0.4, 0.5) is 0 Å². The van der Waals surface area contributed by atoms with E-state index in [-0.39, 0.29) is 22.7 Å². The predicted molar refractivity (Wildman–Crippen MR) is 51.7 cm³/mol. The van der Waals surface area contributed by atoms with E-state index in [0.29, 0.717) is 0 Å². The number of thioether (sulfide) groups is 1. The minimum Gasteiger partial charge on any atom is -0.461 e. The SMILES string of the molecule is CS[C@H]1[C@H](Cl)CC[C@H]1OC(C)=O. The molecule has 0 aromatic carbocycles. The van der Waals surface area contributed by atoms with Crippen molar-refractivity contribution in [1.82, 2.24) is 0 Å². The normalized spacial score (nSPS) is 35.1. The summed E-state index contributed by atoms with van der Waals surface area (Å²) in [5.74, 6) is -0.204. The van der Waals surface area contributed by atoms with Crippen LogP contribution in [0.2, 0.25) is 0 Å². The molecule has 1 aliphatic rings. The van der Waals surface area contributed by atoms with Crippen LogP contribution in [0.25, 0.3) is 0 Å². The summed E-state index contributed by atoms with van der Waals surface area (Å²) in [7, 11) is 0. The topological polar surface area (TPSA) is 26.3 Å². The Morgan fingerprint density at radius 1 is 1.58 bits per heavy atom. The Hall–Kier alpha value is 0.110. The molecule has 4 heteroatoms. The first kappa shape index (κ1) is 10.2. The lowest BCUT2D eigenvalue weighted by Gasteiger charge is -2.18. The molecule has 0 radical (unpaired) electrons. The second-order valence-corrected chi connectivity index (χ2v) is 4.52. The zero-order valence-corrected chi connectivity index (χ0v) is 8.82. The van der Waals surface area contributed by atoms with Crippen molar-refractivity contribution in [3.8, 4) is 0 Å². The molecule has 0 N–H and O–H groups in total. The Morgan fingerprint density at radius 2 is 2.25 bits per heavy atom. The minimum absolute atomic E-state index is 0.0278. The summed E-state index contributed by atoms with van der Waals surface area (Å²) >= 11 is 7.73. The number of hydrogen-bond acceptors (Lipinski definition) is 3. The molecule has 2 nitrogen and oxygen atoms in total. The maximum Gasteiger partial charge on any atom is 0.302 e. The van der Waals surface area contributed by atoms with E-state index in [1.54, 1.807) is 11.8 Å². The molecule has 0 aromatic rings. The first-order valence-electron chi connectivity index (χ1n) is 3.99. The fraction of sp³-hybridized carbons (Fsp3) is 0.875. The van der Waals surface area contributed by atoms with Gasteiger partial charge in [-0.2, -0.15) is 11.8 Å². The Bertz CT molecular complexity index is 174. The van der Waals surface area contributed by atoms with Gasteiger partial charge in [0.2, 0.25) is 0 Å². The van der Waals surface area contributed by atoms with Gasteiger partial charge in [-0.25, -0.2) is 0 Å². The Morgan fingerprint density at radius 3 is 2.75 bits per heavy atom. The minimum atomic E-state index is -0.204. The van der Waals surface area contributed by atoms with E-state index in [2.05, 4.69) is 0 Å². The van der Waals surface area contributed by atoms with Crippen LogP contribution in [0.5, 0.6) is 0 Å². The molecule has 1 rings (SSSR count). The molecule has 1 saturated carbocycles. The lowest BCUT2D eigenvalue weighted by Crippen LogP contribution is -2.26. The fourth-order valence-electron chi connectivity index (χ4n) is 1.52. The number of esters is 1. The molecule has 0 aromatic heterocycles. The lowest BCUT2D eigenvalue weighted by molar-refractivity contribution is -0.145. The molecule has 0 heterocycles. The van der Waals surface area contributed by atoms with Gasteiger partial charge in [0.15, 0.2) is 0 Å². The van der Waals surface area contributed by atoms with Crippen LogP contribution in [-0.2, 0) is 9.53 Å². The van der Waals surface area contributed by atoms with Crippen LogP contribution in [0, 0.1) is 0 Å². The summed E-state index contributed by atoms with van der Waals surface area (Å²) in [6.45, 7) is 1.44. The van der Waals surface area contributed by atoms with Crippen LogP contribution in [-0.4, -0.2) is 29.0 Å². The van der Waals surface area contributed by atoms with Gasteiger partial charge in [0, 0.05) is 12.3 Å². The third-order valence-electron chi connectivity index (χ3n) is 2.04. The summed E-state index contributed by atoms with van der Waals surface area (Å²) in [5, 5.41) is 0.430. The van der Waals surface area contributed by atoms with Crippen molar-refractivity contribution in [1.29, 1.82) is 0 Å². The molecule has 0 amide bonds. The molecule has 0 aliphatic heterocycles. The molecule has 70 valence electrons. The smallest absolute Gasteiger partial charge is 0.302 e. The first-order chi connectivity index (χ1) is 5.65. The summed E-state index contributed by atoms with van der Waals surface area (Å²) in [4.78, 5) is 10.7. The molecule has 12 heavy (non-hydrogen) atoms. The van der Waals surface area contributed by atoms with Gasteiger partial charge in [0.25, 0.3) is 0 Å². The summed E-state index contributed by atoms with van der Waals surface area (Å²) in [6, 6.07) is 0. The van der Waals surface area contributed by atoms with Crippen molar-refractivity contribution in [3.63, 3.8) is 0 Å². The molecule has 1 fully saturated rings. The molecular weight excluding hydrogens is 196 g/mol. The fourth-order valence-corrected chi connectivity index (χ4v) is 3.05. The highest BCUT2D eigenvalue weighted by Crippen LogP contribution is 2.34. The predicted octanol–water partition coefficient (Wildman–Crippen LogP) is 2.05. The van der Waals surface area contributed by atoms with Crippen molar-refractivity contribution in [3.05, 3.63) is 0 Å². The van der Waals surface area contributed by atoms with E-state index >= 15 is 0 Å². The zero-order chi connectivity index (χ0) is 9.14. The number of alkyl halides is 1. The first-order valence-corrected chi connectivity index (χ1v) is 5.71. The van der Waals surface area contributed by atoms with E-state index in [1.807, 2.05) is 6.26 Å². The zero-order valence-electron chi connectivity index (χ0n) is 7.25. The molecule has 1 aliphatic carbocycles. The second-order valence-electron chi connectivity index (χ2n) is 2.94. The van der Waals surface area contributed by atoms with Gasteiger partial charge in [-0.3, -0.25) is 4.79 Å². The number of rotatable bonds is 2. The number of ether oxygens (including phenoxy) is 1. The van der Waals surface area contributed by atoms with Crippen LogP contribution < -0.4 is 0 Å². The Kier molecular flexibility index (Phi) is 3.72. The lowest BCUT2D eigenvalue weighted by atomic mass is 10.3. The van der Waals surface area contributed by atoms with Crippen LogP contribution in [0.1, 0.15) is 19.8 Å². The van der Waals surface area contributed by atoms with Crippen molar-refractivity contribution < 1.29 is 9.53 Å². The standard InChI is InChI=1S/C8H13ClO2S/c1-5(10)11-7-4-3-6(9)8(7)12-2/h6-8H,3-4H2,1-2H3/t6-,7-,8+/m1/s1. The maximum atomic E-state index is 10.7. The van der Waals surface area contributed by atoms with Gasteiger partial charge in [0.05, 0.1) is 5.25 Å². The van der Waals surface area contributed by atoms with E-state index in [1.165, 1.54) is 6.92 Å². The highest BCUT2D eigenvalue weighted by Gasteiger charge is 2.36.